The van der Waals surface area contributed by atoms with E-state index in [0.29, 0.717) is 11.9 Å². The molecule has 1 fully saturated rings. The van der Waals surface area contributed by atoms with Gasteiger partial charge < -0.3 is 15.7 Å². The molecule has 3 N–H and O–H groups in total. The lowest BCUT2D eigenvalue weighted by atomic mass is 10.2. The summed E-state index contributed by atoms with van der Waals surface area (Å²) in [5.74, 6) is 1.84. The second-order valence-electron chi connectivity index (χ2n) is 6.54. The lowest BCUT2D eigenvalue weighted by molar-refractivity contribution is 0.281. The third-order valence-electron chi connectivity index (χ3n) is 4.16. The summed E-state index contributed by atoms with van der Waals surface area (Å²) in [6.07, 6.45) is 2.35. The van der Waals surface area contributed by atoms with E-state index in [0.717, 1.165) is 27.7 Å². The SMILES string of the molecule is Cc1nc2cc(Nc3cc(C4CC4)nc(N[C@H](C)CO)n3)ccc2s1. The Morgan fingerprint density at radius 3 is 2.84 bits per heavy atom. The highest BCUT2D eigenvalue weighted by Gasteiger charge is 2.26. The summed E-state index contributed by atoms with van der Waals surface area (Å²) in [4.78, 5) is 13.7. The van der Waals surface area contributed by atoms with Crippen LogP contribution < -0.4 is 10.6 Å². The summed E-state index contributed by atoms with van der Waals surface area (Å²) in [5.41, 5.74) is 3.01. The number of hydrogen-bond donors (Lipinski definition) is 3. The van der Waals surface area contributed by atoms with Gasteiger partial charge in [0.15, 0.2) is 0 Å². The third-order valence-corrected chi connectivity index (χ3v) is 5.11. The predicted octanol–water partition coefficient (Wildman–Crippen LogP) is 3.81. The van der Waals surface area contributed by atoms with Crippen LogP contribution in [0.15, 0.2) is 24.3 Å². The fourth-order valence-corrected chi connectivity index (χ4v) is 3.52. The van der Waals surface area contributed by atoms with Crippen molar-refractivity contribution >= 4 is 39.0 Å². The molecule has 1 aliphatic rings. The standard InChI is InChI=1S/C18H21N5OS/c1-10(9-24)19-18-22-14(12-3-4-12)8-17(23-18)21-13-5-6-16-15(7-13)20-11(2)25-16/h5-8,10,12,24H,3-4,9H2,1-2H3,(H2,19,21,22,23)/t10-/m1/s1. The number of aryl methyl sites for hydroxylation is 1. The second-order valence-corrected chi connectivity index (χ2v) is 7.78. The van der Waals surface area contributed by atoms with E-state index in [9.17, 15) is 5.11 Å². The first-order valence-electron chi connectivity index (χ1n) is 8.51. The van der Waals surface area contributed by atoms with Crippen LogP contribution in [0.4, 0.5) is 17.5 Å². The summed E-state index contributed by atoms with van der Waals surface area (Å²) in [5, 5.41) is 16.8. The molecule has 4 rings (SSSR count). The zero-order chi connectivity index (χ0) is 17.4. The Hall–Kier alpha value is -2.25. The van der Waals surface area contributed by atoms with Gasteiger partial charge in [-0.15, -0.1) is 11.3 Å². The highest BCUT2D eigenvalue weighted by molar-refractivity contribution is 7.18. The molecule has 2 aromatic heterocycles. The van der Waals surface area contributed by atoms with Gasteiger partial charge in [0.1, 0.15) is 5.82 Å². The monoisotopic (exact) mass is 355 g/mol. The molecule has 0 unspecified atom stereocenters. The number of aliphatic hydroxyl groups excluding tert-OH is 1. The molecule has 6 nitrogen and oxygen atoms in total. The Morgan fingerprint density at radius 2 is 2.08 bits per heavy atom. The molecule has 3 aromatic rings. The van der Waals surface area contributed by atoms with Crippen LogP contribution in [-0.2, 0) is 0 Å². The van der Waals surface area contributed by atoms with Crippen LogP contribution in [0.1, 0.15) is 36.4 Å². The van der Waals surface area contributed by atoms with E-state index >= 15 is 0 Å². The Labute approximate surface area is 150 Å². The first kappa shape index (κ1) is 16.2. The van der Waals surface area contributed by atoms with E-state index in [-0.39, 0.29) is 12.6 Å². The fraction of sp³-hybridized carbons (Fsp3) is 0.389. The van der Waals surface area contributed by atoms with Crippen molar-refractivity contribution in [1.82, 2.24) is 15.0 Å². The van der Waals surface area contributed by atoms with Crippen LogP contribution in [-0.4, -0.2) is 32.7 Å². The van der Waals surface area contributed by atoms with E-state index in [1.54, 1.807) is 11.3 Å². The molecule has 7 heteroatoms. The smallest absolute Gasteiger partial charge is 0.225 e. The number of nitrogens with zero attached hydrogens (tertiary/aromatic N) is 3. The number of thiazole rings is 1. The number of aliphatic hydroxyl groups is 1. The molecule has 0 aliphatic heterocycles. The molecule has 130 valence electrons. The molecule has 1 saturated carbocycles. The second kappa shape index (κ2) is 6.57. The number of nitrogens with one attached hydrogen (secondary N) is 2. The van der Waals surface area contributed by atoms with Crippen molar-refractivity contribution in [3.63, 3.8) is 0 Å². The van der Waals surface area contributed by atoms with Crippen molar-refractivity contribution in [3.05, 3.63) is 35.0 Å². The van der Waals surface area contributed by atoms with Crippen molar-refractivity contribution in [3.8, 4) is 0 Å². The maximum absolute atomic E-state index is 9.25. The normalized spacial score (nSPS) is 15.3. The molecule has 0 amide bonds. The van der Waals surface area contributed by atoms with Crippen molar-refractivity contribution < 1.29 is 5.11 Å². The maximum Gasteiger partial charge on any atom is 0.225 e. The number of hydrogen-bond acceptors (Lipinski definition) is 7. The number of benzene rings is 1. The molecule has 0 spiro atoms. The Morgan fingerprint density at radius 1 is 1.24 bits per heavy atom. The zero-order valence-corrected chi connectivity index (χ0v) is 15.1. The van der Waals surface area contributed by atoms with Crippen molar-refractivity contribution in [2.75, 3.05) is 17.2 Å². The minimum absolute atomic E-state index is 0.0413. The molecule has 2 heterocycles. The van der Waals surface area contributed by atoms with Crippen molar-refractivity contribution in [2.24, 2.45) is 0 Å². The lowest BCUT2D eigenvalue weighted by Crippen LogP contribution is -2.21. The van der Waals surface area contributed by atoms with Crippen molar-refractivity contribution in [2.45, 2.75) is 38.6 Å². The Kier molecular flexibility index (Phi) is 4.27. The number of anilines is 3. The van der Waals surface area contributed by atoms with Crippen LogP contribution in [0.3, 0.4) is 0 Å². The summed E-state index contributed by atoms with van der Waals surface area (Å²) >= 11 is 1.70. The van der Waals surface area contributed by atoms with Gasteiger partial charge in [0.05, 0.1) is 27.5 Å². The number of fused-ring (bicyclic) bond motifs is 1. The molecule has 0 saturated heterocycles. The third kappa shape index (κ3) is 3.72. The van der Waals surface area contributed by atoms with E-state index in [2.05, 4.69) is 31.7 Å². The van der Waals surface area contributed by atoms with Crippen LogP contribution in [0.2, 0.25) is 0 Å². The van der Waals surface area contributed by atoms with E-state index in [1.807, 2.05) is 32.0 Å². The first-order valence-corrected chi connectivity index (χ1v) is 9.33. The summed E-state index contributed by atoms with van der Waals surface area (Å²) in [6.45, 7) is 3.96. The Balaban J connectivity index is 1.63. The van der Waals surface area contributed by atoms with Crippen molar-refractivity contribution in [1.29, 1.82) is 0 Å². The van der Waals surface area contributed by atoms with Crippen LogP contribution >= 0.6 is 11.3 Å². The van der Waals surface area contributed by atoms with Gasteiger partial charge in [-0.1, -0.05) is 0 Å². The molecule has 25 heavy (non-hydrogen) atoms. The van der Waals surface area contributed by atoms with Crippen LogP contribution in [0.5, 0.6) is 0 Å². The summed E-state index contributed by atoms with van der Waals surface area (Å²) in [6, 6.07) is 8.10. The van der Waals surface area contributed by atoms with E-state index in [4.69, 9.17) is 0 Å². The van der Waals surface area contributed by atoms with Gasteiger partial charge in [-0.05, 0) is 44.9 Å². The molecular weight excluding hydrogens is 334 g/mol. The summed E-state index contributed by atoms with van der Waals surface area (Å²) in [7, 11) is 0. The average Bonchev–Trinajstić information content (AvgIpc) is 3.36. The minimum atomic E-state index is -0.0864. The molecule has 0 bridgehead atoms. The quantitative estimate of drug-likeness (QED) is 0.624. The number of aromatic nitrogens is 3. The van der Waals surface area contributed by atoms with Crippen LogP contribution in [0.25, 0.3) is 10.2 Å². The molecule has 0 radical (unpaired) electrons. The van der Waals surface area contributed by atoms with Gasteiger partial charge >= 0.3 is 0 Å². The molecule has 1 aliphatic carbocycles. The molecule has 1 aromatic carbocycles. The molecule has 1 atom stereocenters. The van der Waals surface area contributed by atoms with Gasteiger partial charge in [-0.3, -0.25) is 0 Å². The highest BCUT2D eigenvalue weighted by Crippen LogP contribution is 2.40. The van der Waals surface area contributed by atoms with E-state index in [1.165, 1.54) is 17.5 Å². The molecular formula is C18H21N5OS. The van der Waals surface area contributed by atoms with E-state index < -0.39 is 0 Å². The zero-order valence-electron chi connectivity index (χ0n) is 14.3. The van der Waals surface area contributed by atoms with Crippen LogP contribution in [0, 0.1) is 6.92 Å². The first-order chi connectivity index (χ1) is 12.1. The average molecular weight is 355 g/mol. The largest absolute Gasteiger partial charge is 0.394 e. The minimum Gasteiger partial charge on any atom is -0.394 e. The van der Waals surface area contributed by atoms with Gasteiger partial charge in [0, 0.05) is 23.7 Å². The lowest BCUT2D eigenvalue weighted by Gasteiger charge is -2.14. The predicted molar refractivity (Wildman–Crippen MR) is 102 cm³/mol. The Bertz CT molecular complexity index is 906. The maximum atomic E-state index is 9.25. The topological polar surface area (TPSA) is 83.0 Å². The fourth-order valence-electron chi connectivity index (χ4n) is 2.72. The highest BCUT2D eigenvalue weighted by atomic mass is 32.1. The van der Waals surface area contributed by atoms with Gasteiger partial charge in [-0.2, -0.15) is 4.98 Å². The number of rotatable bonds is 6. The van der Waals surface area contributed by atoms with Gasteiger partial charge in [-0.25, -0.2) is 9.97 Å². The van der Waals surface area contributed by atoms with Gasteiger partial charge in [0.25, 0.3) is 0 Å². The summed E-state index contributed by atoms with van der Waals surface area (Å²) < 4.78 is 1.18. The van der Waals surface area contributed by atoms with Gasteiger partial charge in [0.2, 0.25) is 5.95 Å².